The number of sulfonamides is 1. The van der Waals surface area contributed by atoms with Gasteiger partial charge in [0.1, 0.15) is 0 Å². The van der Waals surface area contributed by atoms with Crippen LogP contribution in [0, 0.1) is 0 Å². The first-order chi connectivity index (χ1) is 13.4. The molecule has 3 rings (SSSR count). The largest absolute Gasteiger partial charge is 0.321 e. The van der Waals surface area contributed by atoms with E-state index in [0.717, 1.165) is 42.5 Å². The van der Waals surface area contributed by atoms with Crippen molar-refractivity contribution in [3.8, 4) is 0 Å². The number of nitrogens with one attached hydrogen (secondary N) is 1. The normalized spacial score (nSPS) is 15.0. The predicted octanol–water partition coefficient (Wildman–Crippen LogP) is 4.50. The van der Waals surface area contributed by atoms with Crippen molar-refractivity contribution in [3.63, 3.8) is 0 Å². The summed E-state index contributed by atoms with van der Waals surface area (Å²) in [6, 6.07) is 10.3. The van der Waals surface area contributed by atoms with Gasteiger partial charge in [-0.05, 0) is 55.0 Å². The Morgan fingerprint density at radius 2 is 1.68 bits per heavy atom. The molecule has 1 amide bonds. The van der Waals surface area contributed by atoms with Gasteiger partial charge in [0.2, 0.25) is 10.0 Å². The van der Waals surface area contributed by atoms with Gasteiger partial charge in [-0.2, -0.15) is 4.31 Å². The Bertz CT molecular complexity index is 961. The third-order valence-corrected chi connectivity index (χ3v) is 7.35. The number of rotatable bonds is 6. The molecule has 5 nitrogen and oxygen atoms in total. The van der Waals surface area contributed by atoms with Gasteiger partial charge in [0, 0.05) is 18.8 Å². The van der Waals surface area contributed by atoms with E-state index < -0.39 is 15.9 Å². The SMILES string of the molecule is CCc1cccc(CC)c1NC(=O)c1cc(S(=O)(=O)N2CCCC2)ccc1Cl. The van der Waals surface area contributed by atoms with Crippen molar-refractivity contribution < 1.29 is 13.2 Å². The maximum atomic E-state index is 13.0. The van der Waals surface area contributed by atoms with Gasteiger partial charge in [0.05, 0.1) is 15.5 Å². The fraction of sp³-hybridized carbons (Fsp3) is 0.381. The molecule has 0 atom stereocenters. The standard InChI is InChI=1S/C21H25ClN2O3S/c1-3-15-8-7-9-16(4-2)20(15)23-21(25)18-14-17(10-11-19(18)22)28(26,27)24-12-5-6-13-24/h7-11,14H,3-6,12-13H2,1-2H3,(H,23,25). The number of anilines is 1. The zero-order valence-electron chi connectivity index (χ0n) is 16.2. The third-order valence-electron chi connectivity index (χ3n) is 5.12. The lowest BCUT2D eigenvalue weighted by Gasteiger charge is -2.17. The molecule has 7 heteroatoms. The molecule has 0 unspecified atom stereocenters. The Balaban J connectivity index is 1.95. The van der Waals surface area contributed by atoms with Gasteiger partial charge in [0.25, 0.3) is 5.91 Å². The van der Waals surface area contributed by atoms with Crippen LogP contribution in [0.3, 0.4) is 0 Å². The Kier molecular flexibility index (Phi) is 6.43. The molecule has 0 aliphatic carbocycles. The number of benzene rings is 2. The molecule has 1 heterocycles. The molecule has 0 spiro atoms. The molecule has 0 saturated carbocycles. The van der Waals surface area contributed by atoms with E-state index in [0.29, 0.717) is 13.1 Å². The first kappa shape index (κ1) is 20.8. The smallest absolute Gasteiger partial charge is 0.257 e. The van der Waals surface area contributed by atoms with Crippen LogP contribution in [0.25, 0.3) is 0 Å². The average Bonchev–Trinajstić information content (AvgIpc) is 3.24. The monoisotopic (exact) mass is 420 g/mol. The average molecular weight is 421 g/mol. The van der Waals surface area contributed by atoms with E-state index in [2.05, 4.69) is 5.32 Å². The highest BCUT2D eigenvalue weighted by molar-refractivity contribution is 7.89. The van der Waals surface area contributed by atoms with E-state index in [4.69, 9.17) is 11.6 Å². The summed E-state index contributed by atoms with van der Waals surface area (Å²) in [5.74, 6) is -0.404. The minimum atomic E-state index is -3.62. The fourth-order valence-electron chi connectivity index (χ4n) is 3.50. The second-order valence-corrected chi connectivity index (χ2v) is 9.21. The van der Waals surface area contributed by atoms with Crippen molar-refractivity contribution in [3.05, 3.63) is 58.1 Å². The molecule has 0 bridgehead atoms. The molecule has 1 fully saturated rings. The number of carbonyl (C=O) groups is 1. The molecule has 2 aromatic carbocycles. The molecule has 150 valence electrons. The molecule has 1 aliphatic rings. The molecule has 2 aromatic rings. The van der Waals surface area contributed by atoms with E-state index in [9.17, 15) is 13.2 Å². The van der Waals surface area contributed by atoms with Crippen LogP contribution in [0.15, 0.2) is 41.3 Å². The molecule has 0 radical (unpaired) electrons. The van der Waals surface area contributed by atoms with Gasteiger partial charge in [-0.3, -0.25) is 4.79 Å². The minimum Gasteiger partial charge on any atom is -0.321 e. The Morgan fingerprint density at radius 1 is 1.07 bits per heavy atom. The van der Waals surface area contributed by atoms with Crippen molar-refractivity contribution in [1.29, 1.82) is 0 Å². The maximum Gasteiger partial charge on any atom is 0.257 e. The molecular weight excluding hydrogens is 396 g/mol. The van der Waals surface area contributed by atoms with E-state index >= 15 is 0 Å². The van der Waals surface area contributed by atoms with Crippen molar-refractivity contribution in [2.75, 3.05) is 18.4 Å². The molecule has 0 aromatic heterocycles. The number of halogens is 1. The predicted molar refractivity (Wildman–Crippen MR) is 113 cm³/mol. The number of hydrogen-bond donors (Lipinski definition) is 1. The van der Waals surface area contributed by atoms with Crippen LogP contribution in [0.5, 0.6) is 0 Å². The van der Waals surface area contributed by atoms with Crippen LogP contribution in [-0.2, 0) is 22.9 Å². The highest BCUT2D eigenvalue weighted by Crippen LogP contribution is 2.28. The zero-order chi connectivity index (χ0) is 20.3. The third kappa shape index (κ3) is 4.09. The van der Waals surface area contributed by atoms with E-state index in [-0.39, 0.29) is 15.5 Å². The quantitative estimate of drug-likeness (QED) is 0.748. The number of nitrogens with zero attached hydrogens (tertiary/aromatic N) is 1. The van der Waals surface area contributed by atoms with E-state index in [1.165, 1.54) is 22.5 Å². The lowest BCUT2D eigenvalue weighted by atomic mass is 10.0. The fourth-order valence-corrected chi connectivity index (χ4v) is 5.25. The minimum absolute atomic E-state index is 0.100. The van der Waals surface area contributed by atoms with Crippen molar-refractivity contribution >= 4 is 33.2 Å². The van der Waals surface area contributed by atoms with E-state index in [1.807, 2.05) is 32.0 Å². The summed E-state index contributed by atoms with van der Waals surface area (Å²) >= 11 is 6.25. The van der Waals surface area contributed by atoms with E-state index in [1.54, 1.807) is 0 Å². The number of carbonyl (C=O) groups excluding carboxylic acids is 1. The maximum absolute atomic E-state index is 13.0. The summed E-state index contributed by atoms with van der Waals surface area (Å²) in [4.78, 5) is 13.1. The topological polar surface area (TPSA) is 66.5 Å². The van der Waals surface area contributed by atoms with Crippen LogP contribution >= 0.6 is 11.6 Å². The number of amides is 1. The second kappa shape index (κ2) is 8.64. The van der Waals surface area contributed by atoms with Crippen LogP contribution in [0.4, 0.5) is 5.69 Å². The lowest BCUT2D eigenvalue weighted by molar-refractivity contribution is 0.102. The number of para-hydroxylation sites is 1. The van der Waals surface area contributed by atoms with Gasteiger partial charge in [-0.15, -0.1) is 0 Å². The first-order valence-electron chi connectivity index (χ1n) is 9.60. The summed E-state index contributed by atoms with van der Waals surface area (Å²) in [7, 11) is -3.62. The summed E-state index contributed by atoms with van der Waals surface area (Å²) in [5.41, 5.74) is 3.01. The highest BCUT2D eigenvalue weighted by atomic mass is 35.5. The van der Waals surface area contributed by atoms with Gasteiger partial charge in [-0.1, -0.05) is 43.6 Å². The number of hydrogen-bond acceptors (Lipinski definition) is 3. The number of aryl methyl sites for hydroxylation is 2. The molecular formula is C21H25ClN2O3S. The van der Waals surface area contributed by atoms with Gasteiger partial charge < -0.3 is 5.32 Å². The van der Waals surface area contributed by atoms with Crippen LogP contribution in [-0.4, -0.2) is 31.7 Å². The molecule has 1 N–H and O–H groups in total. The summed E-state index contributed by atoms with van der Waals surface area (Å²) < 4.78 is 27.1. The van der Waals surface area contributed by atoms with Gasteiger partial charge in [-0.25, -0.2) is 8.42 Å². The molecule has 1 saturated heterocycles. The van der Waals surface area contributed by atoms with Crippen LogP contribution in [0.2, 0.25) is 5.02 Å². The van der Waals surface area contributed by atoms with Crippen molar-refractivity contribution in [1.82, 2.24) is 4.31 Å². The van der Waals surface area contributed by atoms with Crippen molar-refractivity contribution in [2.24, 2.45) is 0 Å². The van der Waals surface area contributed by atoms with Gasteiger partial charge in [0.15, 0.2) is 0 Å². The van der Waals surface area contributed by atoms with Crippen molar-refractivity contribution in [2.45, 2.75) is 44.4 Å². The Labute approximate surface area is 171 Å². The lowest BCUT2D eigenvalue weighted by Crippen LogP contribution is -2.28. The Hall–Kier alpha value is -1.89. The van der Waals surface area contributed by atoms with Gasteiger partial charge >= 0.3 is 0 Å². The summed E-state index contributed by atoms with van der Waals surface area (Å²) in [6.07, 6.45) is 3.27. The summed E-state index contributed by atoms with van der Waals surface area (Å²) in [6.45, 7) is 5.08. The second-order valence-electron chi connectivity index (χ2n) is 6.87. The molecule has 1 aliphatic heterocycles. The summed E-state index contributed by atoms with van der Waals surface area (Å²) in [5, 5.41) is 3.18. The Morgan fingerprint density at radius 3 is 2.25 bits per heavy atom. The van der Waals surface area contributed by atoms with Crippen LogP contribution in [0.1, 0.15) is 48.2 Å². The highest BCUT2D eigenvalue weighted by Gasteiger charge is 2.28. The first-order valence-corrected chi connectivity index (χ1v) is 11.4. The molecule has 28 heavy (non-hydrogen) atoms. The van der Waals surface area contributed by atoms with Crippen LogP contribution < -0.4 is 5.32 Å². The zero-order valence-corrected chi connectivity index (χ0v) is 17.7.